The van der Waals surface area contributed by atoms with E-state index in [1.165, 1.54) is 65.8 Å². The van der Waals surface area contributed by atoms with Gasteiger partial charge < -0.3 is 4.90 Å². The van der Waals surface area contributed by atoms with E-state index < -0.39 is 0 Å². The fraction of sp³-hybridized carbons (Fsp3) is 0.0233. The number of benzene rings is 8. The number of nitrogens with zero attached hydrogens (tertiary/aromatic N) is 1. The third-order valence-electron chi connectivity index (χ3n) is 8.66. The number of rotatable bonds is 5. The van der Waals surface area contributed by atoms with E-state index in [0.29, 0.717) is 0 Å². The molecule has 1 heteroatoms. The standard InChI is InChI=1S/C43H31N/c1-30-27-34-13-6-8-16-39(34)43(28-30)44(36-23-19-32(20-24-36)31-11-3-2-4-12-31)37-25-21-33(22-26-37)42-29-35-14-5-7-15-38(35)40-17-9-10-18-41(40)42/h2-29H,1H3. The van der Waals surface area contributed by atoms with Crippen molar-refractivity contribution in [2.24, 2.45) is 0 Å². The van der Waals surface area contributed by atoms with Gasteiger partial charge in [0.05, 0.1) is 5.69 Å². The summed E-state index contributed by atoms with van der Waals surface area (Å²) in [5, 5.41) is 7.59. The quantitative estimate of drug-likeness (QED) is 0.189. The van der Waals surface area contributed by atoms with E-state index in [9.17, 15) is 0 Å². The lowest BCUT2D eigenvalue weighted by molar-refractivity contribution is 1.29. The van der Waals surface area contributed by atoms with Crippen molar-refractivity contribution in [1.29, 1.82) is 0 Å². The van der Waals surface area contributed by atoms with E-state index >= 15 is 0 Å². The van der Waals surface area contributed by atoms with Crippen molar-refractivity contribution in [3.8, 4) is 22.3 Å². The summed E-state index contributed by atoms with van der Waals surface area (Å²) in [5.41, 5.74) is 9.57. The highest BCUT2D eigenvalue weighted by Crippen LogP contribution is 2.42. The van der Waals surface area contributed by atoms with Gasteiger partial charge in [0.1, 0.15) is 0 Å². The third-order valence-corrected chi connectivity index (χ3v) is 8.66. The zero-order chi connectivity index (χ0) is 29.5. The second kappa shape index (κ2) is 10.9. The van der Waals surface area contributed by atoms with Gasteiger partial charge >= 0.3 is 0 Å². The summed E-state index contributed by atoms with van der Waals surface area (Å²) in [7, 11) is 0. The van der Waals surface area contributed by atoms with E-state index in [2.05, 4.69) is 182 Å². The maximum Gasteiger partial charge on any atom is 0.0542 e. The van der Waals surface area contributed by atoms with Crippen molar-refractivity contribution < 1.29 is 0 Å². The minimum absolute atomic E-state index is 1.13. The van der Waals surface area contributed by atoms with Gasteiger partial charge in [-0.1, -0.05) is 133 Å². The molecule has 0 bridgehead atoms. The van der Waals surface area contributed by atoms with Crippen molar-refractivity contribution in [3.63, 3.8) is 0 Å². The Kier molecular flexibility index (Phi) is 6.43. The maximum absolute atomic E-state index is 2.40. The van der Waals surface area contributed by atoms with Gasteiger partial charge in [0, 0.05) is 16.8 Å². The molecule has 0 amide bonds. The van der Waals surface area contributed by atoms with Crippen LogP contribution >= 0.6 is 0 Å². The second-order valence-electron chi connectivity index (χ2n) is 11.5. The van der Waals surface area contributed by atoms with E-state index in [1.807, 2.05) is 0 Å². The zero-order valence-corrected chi connectivity index (χ0v) is 24.6. The molecule has 8 aromatic carbocycles. The van der Waals surface area contributed by atoms with Crippen LogP contribution in [0.1, 0.15) is 5.56 Å². The molecule has 0 saturated heterocycles. The summed E-state index contributed by atoms with van der Waals surface area (Å²) in [6.07, 6.45) is 0. The topological polar surface area (TPSA) is 3.24 Å². The molecule has 1 nitrogen and oxygen atoms in total. The SMILES string of the molecule is Cc1cc(N(c2ccc(-c3ccccc3)cc2)c2ccc(-c3cc4ccccc4c4ccccc34)cc2)c2ccccc2c1. The number of anilines is 3. The van der Waals surface area contributed by atoms with Crippen LogP contribution in [-0.2, 0) is 0 Å². The lowest BCUT2D eigenvalue weighted by Crippen LogP contribution is -2.10. The molecule has 0 radical (unpaired) electrons. The summed E-state index contributed by atoms with van der Waals surface area (Å²) in [6, 6.07) is 61.6. The molecule has 208 valence electrons. The van der Waals surface area contributed by atoms with Gasteiger partial charge in [0.15, 0.2) is 0 Å². The van der Waals surface area contributed by atoms with Crippen LogP contribution in [0.3, 0.4) is 0 Å². The van der Waals surface area contributed by atoms with Gasteiger partial charge in [-0.25, -0.2) is 0 Å². The fourth-order valence-corrected chi connectivity index (χ4v) is 6.57. The first-order chi connectivity index (χ1) is 21.7. The molecule has 44 heavy (non-hydrogen) atoms. The first-order valence-electron chi connectivity index (χ1n) is 15.2. The molecular weight excluding hydrogens is 530 g/mol. The summed E-state index contributed by atoms with van der Waals surface area (Å²) in [6.45, 7) is 2.18. The van der Waals surface area contributed by atoms with Gasteiger partial charge in [-0.3, -0.25) is 0 Å². The molecule has 0 fully saturated rings. The molecule has 8 aromatic rings. The number of aryl methyl sites for hydroxylation is 1. The average Bonchev–Trinajstić information content (AvgIpc) is 3.09. The van der Waals surface area contributed by atoms with Crippen molar-refractivity contribution >= 4 is 49.4 Å². The third kappa shape index (κ3) is 4.60. The molecule has 0 N–H and O–H groups in total. The molecule has 0 saturated carbocycles. The Morgan fingerprint density at radius 1 is 0.364 bits per heavy atom. The summed E-state index contributed by atoms with van der Waals surface area (Å²) < 4.78 is 0. The highest BCUT2D eigenvalue weighted by molar-refractivity contribution is 6.13. The van der Waals surface area contributed by atoms with Crippen LogP contribution in [0, 0.1) is 6.92 Å². The van der Waals surface area contributed by atoms with E-state index in [1.54, 1.807) is 0 Å². The van der Waals surface area contributed by atoms with Crippen LogP contribution < -0.4 is 4.90 Å². The van der Waals surface area contributed by atoms with E-state index in [0.717, 1.165) is 11.4 Å². The molecule has 0 heterocycles. The Hall–Kier alpha value is -5.66. The number of hydrogen-bond donors (Lipinski definition) is 0. The van der Waals surface area contributed by atoms with Crippen LogP contribution in [0.25, 0.3) is 54.6 Å². The fourth-order valence-electron chi connectivity index (χ4n) is 6.57. The van der Waals surface area contributed by atoms with Crippen molar-refractivity contribution in [3.05, 3.63) is 175 Å². The van der Waals surface area contributed by atoms with Crippen LogP contribution in [0.5, 0.6) is 0 Å². The minimum atomic E-state index is 1.13. The van der Waals surface area contributed by atoms with Crippen LogP contribution in [0.15, 0.2) is 170 Å². The Morgan fingerprint density at radius 2 is 0.864 bits per heavy atom. The van der Waals surface area contributed by atoms with Gasteiger partial charge in [-0.15, -0.1) is 0 Å². The number of fused-ring (bicyclic) bond motifs is 4. The molecule has 0 aromatic heterocycles. The van der Waals surface area contributed by atoms with Crippen molar-refractivity contribution in [2.45, 2.75) is 6.92 Å². The minimum Gasteiger partial charge on any atom is -0.310 e. The molecular formula is C43H31N. The van der Waals surface area contributed by atoms with Crippen LogP contribution in [-0.4, -0.2) is 0 Å². The van der Waals surface area contributed by atoms with Crippen molar-refractivity contribution in [2.75, 3.05) is 4.90 Å². The average molecular weight is 562 g/mol. The predicted molar refractivity (Wildman–Crippen MR) is 189 cm³/mol. The monoisotopic (exact) mass is 561 g/mol. The molecule has 0 aliphatic heterocycles. The normalized spacial score (nSPS) is 11.3. The lowest BCUT2D eigenvalue weighted by Gasteiger charge is -2.28. The Morgan fingerprint density at radius 3 is 1.55 bits per heavy atom. The van der Waals surface area contributed by atoms with Gasteiger partial charge in [0.2, 0.25) is 0 Å². The first-order valence-corrected chi connectivity index (χ1v) is 15.2. The van der Waals surface area contributed by atoms with Crippen molar-refractivity contribution in [1.82, 2.24) is 0 Å². The van der Waals surface area contributed by atoms with Crippen LogP contribution in [0.4, 0.5) is 17.1 Å². The molecule has 0 spiro atoms. The smallest absolute Gasteiger partial charge is 0.0542 e. The Bertz CT molecular complexity index is 2260. The van der Waals surface area contributed by atoms with E-state index in [4.69, 9.17) is 0 Å². The van der Waals surface area contributed by atoms with Crippen LogP contribution in [0.2, 0.25) is 0 Å². The Balaban J connectivity index is 1.28. The molecule has 0 unspecified atom stereocenters. The Labute approximate surface area is 258 Å². The summed E-state index contributed by atoms with van der Waals surface area (Å²) in [4.78, 5) is 2.40. The first kappa shape index (κ1) is 26.0. The number of hydrogen-bond acceptors (Lipinski definition) is 1. The zero-order valence-electron chi connectivity index (χ0n) is 24.6. The summed E-state index contributed by atoms with van der Waals surface area (Å²) in [5.74, 6) is 0. The largest absolute Gasteiger partial charge is 0.310 e. The van der Waals surface area contributed by atoms with Gasteiger partial charge in [-0.2, -0.15) is 0 Å². The molecule has 0 aliphatic rings. The van der Waals surface area contributed by atoms with Gasteiger partial charge in [-0.05, 0) is 98.1 Å². The predicted octanol–water partition coefficient (Wildman–Crippen LogP) is 12.3. The molecule has 0 atom stereocenters. The molecule has 8 rings (SSSR count). The second-order valence-corrected chi connectivity index (χ2v) is 11.5. The molecule has 0 aliphatic carbocycles. The van der Waals surface area contributed by atoms with E-state index in [-0.39, 0.29) is 0 Å². The van der Waals surface area contributed by atoms with Gasteiger partial charge in [0.25, 0.3) is 0 Å². The summed E-state index contributed by atoms with van der Waals surface area (Å²) >= 11 is 0. The maximum atomic E-state index is 2.40. The highest BCUT2D eigenvalue weighted by atomic mass is 15.1. The highest BCUT2D eigenvalue weighted by Gasteiger charge is 2.17. The lowest BCUT2D eigenvalue weighted by atomic mass is 9.93.